The fourth-order valence-corrected chi connectivity index (χ4v) is 2.03. The molecule has 0 bridgehead atoms. The first kappa shape index (κ1) is 14.2. The molecule has 0 aliphatic rings. The zero-order chi connectivity index (χ0) is 12.8. The molecule has 0 saturated heterocycles. The third kappa shape index (κ3) is 4.13. The van der Waals surface area contributed by atoms with Crippen LogP contribution < -0.4 is 11.1 Å². The summed E-state index contributed by atoms with van der Waals surface area (Å²) in [5, 5.41) is 2.94. The number of hydrogen-bond donors (Lipinski definition) is 2. The second-order valence-corrected chi connectivity index (χ2v) is 5.09. The average Bonchev–Trinajstić information content (AvgIpc) is 2.30. The number of benzene rings is 1. The van der Waals surface area contributed by atoms with Gasteiger partial charge >= 0.3 is 0 Å². The summed E-state index contributed by atoms with van der Waals surface area (Å²) in [5.41, 5.74) is 7.51. The van der Waals surface area contributed by atoms with Gasteiger partial charge in [0.2, 0.25) is 5.91 Å². The van der Waals surface area contributed by atoms with Crippen LogP contribution >= 0.6 is 15.9 Å². The van der Waals surface area contributed by atoms with Crippen LogP contribution in [0.4, 0.5) is 5.69 Å². The summed E-state index contributed by atoms with van der Waals surface area (Å²) in [4.78, 5) is 12.0. The molecule has 0 radical (unpaired) electrons. The Labute approximate surface area is 111 Å². The van der Waals surface area contributed by atoms with Crippen molar-refractivity contribution in [3.05, 3.63) is 28.2 Å². The summed E-state index contributed by atoms with van der Waals surface area (Å²) in [6, 6.07) is 5.83. The van der Waals surface area contributed by atoms with Crippen molar-refractivity contribution in [3.8, 4) is 0 Å². The van der Waals surface area contributed by atoms with Gasteiger partial charge in [0.1, 0.15) is 0 Å². The fourth-order valence-electron chi connectivity index (χ4n) is 1.67. The first-order chi connectivity index (χ1) is 8.08. The summed E-state index contributed by atoms with van der Waals surface area (Å²) in [5.74, 6) is -0.0890. The molecule has 0 heterocycles. The SMILES string of the molecule is CCCC(CN)C(=O)Nc1cc(Br)ccc1C. The van der Waals surface area contributed by atoms with Gasteiger partial charge in [-0.3, -0.25) is 4.79 Å². The van der Waals surface area contributed by atoms with Gasteiger partial charge in [0.15, 0.2) is 0 Å². The van der Waals surface area contributed by atoms with Crippen LogP contribution in [0.5, 0.6) is 0 Å². The minimum absolute atomic E-state index is 0.00977. The van der Waals surface area contributed by atoms with E-state index < -0.39 is 0 Å². The maximum Gasteiger partial charge on any atom is 0.228 e. The molecule has 0 saturated carbocycles. The van der Waals surface area contributed by atoms with Gasteiger partial charge in [0, 0.05) is 16.7 Å². The molecular weight excluding hydrogens is 280 g/mol. The molecule has 0 aliphatic heterocycles. The van der Waals surface area contributed by atoms with Crippen LogP contribution in [0, 0.1) is 12.8 Å². The Bertz CT molecular complexity index is 393. The van der Waals surface area contributed by atoms with Crippen LogP contribution in [0.1, 0.15) is 25.3 Å². The van der Waals surface area contributed by atoms with Crippen molar-refractivity contribution in [2.24, 2.45) is 11.7 Å². The fraction of sp³-hybridized carbons (Fsp3) is 0.462. The van der Waals surface area contributed by atoms with Crippen LogP contribution in [-0.4, -0.2) is 12.5 Å². The van der Waals surface area contributed by atoms with Gasteiger partial charge in [-0.05, 0) is 31.0 Å². The first-order valence-corrected chi connectivity index (χ1v) is 6.64. The number of carbonyl (C=O) groups is 1. The maximum atomic E-state index is 12.0. The lowest BCUT2D eigenvalue weighted by Crippen LogP contribution is -2.29. The predicted molar refractivity (Wildman–Crippen MR) is 75.0 cm³/mol. The van der Waals surface area contributed by atoms with E-state index in [-0.39, 0.29) is 11.8 Å². The van der Waals surface area contributed by atoms with E-state index in [2.05, 4.69) is 28.2 Å². The number of anilines is 1. The molecule has 1 amide bonds. The highest BCUT2D eigenvalue weighted by molar-refractivity contribution is 9.10. The standard InChI is InChI=1S/C13H19BrN2O/c1-3-4-10(8-15)13(17)16-12-7-11(14)6-5-9(12)2/h5-7,10H,3-4,8,15H2,1-2H3,(H,16,17). The molecule has 1 rings (SSSR count). The van der Waals surface area contributed by atoms with Crippen molar-refractivity contribution in [1.29, 1.82) is 0 Å². The van der Waals surface area contributed by atoms with Gasteiger partial charge in [0.05, 0.1) is 5.92 Å². The van der Waals surface area contributed by atoms with E-state index in [0.717, 1.165) is 28.6 Å². The number of rotatable bonds is 5. The number of carbonyl (C=O) groups excluding carboxylic acids is 1. The van der Waals surface area contributed by atoms with Gasteiger partial charge in [-0.15, -0.1) is 0 Å². The summed E-state index contributed by atoms with van der Waals surface area (Å²) >= 11 is 3.40. The van der Waals surface area contributed by atoms with E-state index in [1.807, 2.05) is 25.1 Å². The van der Waals surface area contributed by atoms with E-state index in [0.29, 0.717) is 6.54 Å². The number of aryl methyl sites for hydroxylation is 1. The Morgan fingerprint density at radius 3 is 2.82 bits per heavy atom. The molecule has 0 spiro atoms. The van der Waals surface area contributed by atoms with E-state index in [4.69, 9.17) is 5.73 Å². The molecule has 1 unspecified atom stereocenters. The molecule has 0 aromatic heterocycles. The van der Waals surface area contributed by atoms with Crippen LogP contribution in [0.3, 0.4) is 0 Å². The van der Waals surface area contributed by atoms with Crippen molar-refractivity contribution >= 4 is 27.5 Å². The number of halogens is 1. The predicted octanol–water partition coefficient (Wildman–Crippen LogP) is 3.07. The van der Waals surface area contributed by atoms with Crippen molar-refractivity contribution in [2.75, 3.05) is 11.9 Å². The molecule has 1 aromatic rings. The number of nitrogens with two attached hydrogens (primary N) is 1. The lowest BCUT2D eigenvalue weighted by Gasteiger charge is -2.15. The number of hydrogen-bond acceptors (Lipinski definition) is 2. The summed E-state index contributed by atoms with van der Waals surface area (Å²) in [7, 11) is 0. The maximum absolute atomic E-state index is 12.0. The molecule has 3 nitrogen and oxygen atoms in total. The van der Waals surface area contributed by atoms with Crippen molar-refractivity contribution < 1.29 is 4.79 Å². The smallest absolute Gasteiger partial charge is 0.228 e. The highest BCUT2D eigenvalue weighted by atomic mass is 79.9. The van der Waals surface area contributed by atoms with Gasteiger partial charge in [0.25, 0.3) is 0 Å². The number of amides is 1. The third-order valence-corrected chi connectivity index (χ3v) is 3.24. The Morgan fingerprint density at radius 2 is 2.24 bits per heavy atom. The highest BCUT2D eigenvalue weighted by Gasteiger charge is 2.16. The number of nitrogens with one attached hydrogen (secondary N) is 1. The second-order valence-electron chi connectivity index (χ2n) is 4.17. The first-order valence-electron chi connectivity index (χ1n) is 5.85. The Kier molecular flexibility index (Phi) is 5.65. The van der Waals surface area contributed by atoms with E-state index in [1.54, 1.807) is 0 Å². The van der Waals surface area contributed by atoms with Gasteiger partial charge in [-0.25, -0.2) is 0 Å². The van der Waals surface area contributed by atoms with Crippen molar-refractivity contribution in [3.63, 3.8) is 0 Å². The molecule has 4 heteroatoms. The van der Waals surface area contributed by atoms with Crippen LogP contribution in [-0.2, 0) is 4.79 Å². The largest absolute Gasteiger partial charge is 0.330 e. The van der Waals surface area contributed by atoms with Gasteiger partial charge in [-0.2, -0.15) is 0 Å². The lowest BCUT2D eigenvalue weighted by atomic mass is 10.0. The van der Waals surface area contributed by atoms with E-state index in [1.165, 1.54) is 0 Å². The Morgan fingerprint density at radius 1 is 1.53 bits per heavy atom. The summed E-state index contributed by atoms with van der Waals surface area (Å²) in [6.07, 6.45) is 1.79. The molecule has 3 N–H and O–H groups in total. The van der Waals surface area contributed by atoms with Crippen molar-refractivity contribution in [2.45, 2.75) is 26.7 Å². The van der Waals surface area contributed by atoms with Crippen LogP contribution in [0.25, 0.3) is 0 Å². The zero-order valence-corrected chi connectivity index (χ0v) is 11.9. The van der Waals surface area contributed by atoms with Crippen molar-refractivity contribution in [1.82, 2.24) is 0 Å². The zero-order valence-electron chi connectivity index (χ0n) is 10.3. The quantitative estimate of drug-likeness (QED) is 0.878. The Balaban J connectivity index is 2.76. The van der Waals surface area contributed by atoms with E-state index in [9.17, 15) is 4.79 Å². The monoisotopic (exact) mass is 298 g/mol. The van der Waals surface area contributed by atoms with E-state index >= 15 is 0 Å². The molecule has 0 aliphatic carbocycles. The minimum atomic E-state index is -0.0987. The molecule has 17 heavy (non-hydrogen) atoms. The third-order valence-electron chi connectivity index (χ3n) is 2.75. The van der Waals surface area contributed by atoms with Gasteiger partial charge in [-0.1, -0.05) is 35.3 Å². The Hall–Kier alpha value is -0.870. The molecular formula is C13H19BrN2O. The highest BCUT2D eigenvalue weighted by Crippen LogP contribution is 2.21. The molecule has 1 atom stereocenters. The molecule has 0 fully saturated rings. The lowest BCUT2D eigenvalue weighted by molar-refractivity contribution is -0.119. The van der Waals surface area contributed by atoms with Gasteiger partial charge < -0.3 is 11.1 Å². The minimum Gasteiger partial charge on any atom is -0.330 e. The molecule has 94 valence electrons. The topological polar surface area (TPSA) is 55.1 Å². The summed E-state index contributed by atoms with van der Waals surface area (Å²) < 4.78 is 0.957. The normalized spacial score (nSPS) is 12.2. The second kappa shape index (κ2) is 6.77. The van der Waals surface area contributed by atoms with Crippen LogP contribution in [0.15, 0.2) is 22.7 Å². The van der Waals surface area contributed by atoms with Crippen LogP contribution in [0.2, 0.25) is 0 Å². The molecule has 1 aromatic carbocycles. The summed E-state index contributed by atoms with van der Waals surface area (Å²) in [6.45, 7) is 4.42. The average molecular weight is 299 g/mol.